The zero-order valence-electron chi connectivity index (χ0n) is 25.2. The van der Waals surface area contributed by atoms with Crippen molar-refractivity contribution in [1.29, 1.82) is 0 Å². The second-order valence-corrected chi connectivity index (χ2v) is 10.9. The summed E-state index contributed by atoms with van der Waals surface area (Å²) in [5.74, 6) is 0.659. The zero-order valence-corrected chi connectivity index (χ0v) is 25.2. The lowest BCUT2D eigenvalue weighted by Crippen LogP contribution is -2.48. The molecule has 1 aliphatic rings. The van der Waals surface area contributed by atoms with E-state index in [4.69, 9.17) is 14.2 Å². The fourth-order valence-corrected chi connectivity index (χ4v) is 5.85. The lowest BCUT2D eigenvalue weighted by Gasteiger charge is -2.35. The second kappa shape index (κ2) is 13.6. The molecule has 0 saturated heterocycles. The molecule has 3 aromatic carbocycles. The van der Waals surface area contributed by atoms with E-state index in [9.17, 15) is 9.59 Å². The smallest absolute Gasteiger partial charge is 0.248 e. The SMILES string of the molecule is COc1cc([C@H](C(=O)NC2CCCCC2)N(Cc2ccccc2)C(=O)[C@@H](C)n2nnc3ccccc32)cc(OC)c1OC. The lowest BCUT2D eigenvalue weighted by molar-refractivity contribution is -0.144. The van der Waals surface area contributed by atoms with Gasteiger partial charge in [0.1, 0.15) is 17.6 Å². The third-order valence-electron chi connectivity index (χ3n) is 8.09. The number of carbonyl (C=O) groups excluding carboxylic acids is 2. The molecule has 226 valence electrons. The number of amides is 2. The topological polar surface area (TPSA) is 108 Å². The van der Waals surface area contributed by atoms with Gasteiger partial charge in [-0.1, -0.05) is 66.9 Å². The average Bonchev–Trinajstić information content (AvgIpc) is 3.48. The van der Waals surface area contributed by atoms with Crippen LogP contribution in [-0.4, -0.2) is 59.1 Å². The van der Waals surface area contributed by atoms with Gasteiger partial charge in [-0.3, -0.25) is 9.59 Å². The number of hydrogen-bond donors (Lipinski definition) is 1. The number of fused-ring (bicyclic) bond motifs is 1. The highest BCUT2D eigenvalue weighted by Gasteiger charge is 2.37. The van der Waals surface area contributed by atoms with E-state index in [2.05, 4.69) is 15.6 Å². The molecule has 0 aliphatic heterocycles. The van der Waals surface area contributed by atoms with Crippen LogP contribution >= 0.6 is 0 Å². The molecule has 4 aromatic rings. The number of nitrogens with one attached hydrogen (secondary N) is 1. The van der Waals surface area contributed by atoms with Crippen LogP contribution in [0.3, 0.4) is 0 Å². The van der Waals surface area contributed by atoms with E-state index in [1.807, 2.05) is 54.6 Å². The van der Waals surface area contributed by atoms with Crippen molar-refractivity contribution in [3.8, 4) is 17.2 Å². The first kappa shape index (κ1) is 29.9. The predicted molar refractivity (Wildman–Crippen MR) is 163 cm³/mol. The van der Waals surface area contributed by atoms with E-state index < -0.39 is 12.1 Å². The maximum atomic E-state index is 14.6. The van der Waals surface area contributed by atoms with Gasteiger partial charge in [0.05, 0.1) is 26.8 Å². The van der Waals surface area contributed by atoms with Crippen molar-refractivity contribution in [1.82, 2.24) is 25.2 Å². The Balaban J connectivity index is 1.63. The minimum Gasteiger partial charge on any atom is -0.493 e. The Labute approximate surface area is 251 Å². The maximum absolute atomic E-state index is 14.6. The van der Waals surface area contributed by atoms with E-state index >= 15 is 0 Å². The van der Waals surface area contributed by atoms with Crippen molar-refractivity contribution < 1.29 is 23.8 Å². The van der Waals surface area contributed by atoms with Crippen LogP contribution in [0.4, 0.5) is 0 Å². The molecular weight excluding hydrogens is 546 g/mol. The second-order valence-electron chi connectivity index (χ2n) is 10.9. The first-order valence-electron chi connectivity index (χ1n) is 14.7. The van der Waals surface area contributed by atoms with Crippen LogP contribution in [-0.2, 0) is 16.1 Å². The molecule has 1 N–H and O–H groups in total. The summed E-state index contributed by atoms with van der Waals surface area (Å²) in [4.78, 5) is 30.6. The summed E-state index contributed by atoms with van der Waals surface area (Å²) in [7, 11) is 4.59. The standard InChI is InChI=1S/C33H39N5O5/c1-22(38-27-18-12-11-17-26(27)35-36-38)33(40)37(21-23-13-7-5-8-14-23)30(32(39)34-25-15-9-6-10-16-25)24-19-28(41-2)31(43-4)29(20-24)42-3/h5,7-8,11-14,17-20,22,25,30H,6,9-10,15-16,21H2,1-4H3,(H,34,39)/t22-,30-/m1/s1. The van der Waals surface area contributed by atoms with Crippen LogP contribution in [0, 0.1) is 0 Å². The molecule has 1 aromatic heterocycles. The quantitative estimate of drug-likeness (QED) is 0.257. The summed E-state index contributed by atoms with van der Waals surface area (Å²) in [5, 5.41) is 11.8. The molecule has 0 bridgehead atoms. The Kier molecular flexibility index (Phi) is 9.44. The number of benzene rings is 3. The van der Waals surface area contributed by atoms with Crippen molar-refractivity contribution >= 4 is 22.8 Å². The van der Waals surface area contributed by atoms with E-state index in [1.165, 1.54) is 21.3 Å². The van der Waals surface area contributed by atoms with Gasteiger partial charge in [0.25, 0.3) is 0 Å². The molecule has 1 aliphatic carbocycles. The Bertz CT molecular complexity index is 1520. The van der Waals surface area contributed by atoms with Gasteiger partial charge in [-0.05, 0) is 55.2 Å². The minimum absolute atomic E-state index is 0.0381. The Morgan fingerprint density at radius 1 is 0.930 bits per heavy atom. The zero-order chi connectivity index (χ0) is 30.3. The first-order chi connectivity index (χ1) is 20.9. The lowest BCUT2D eigenvalue weighted by atomic mass is 9.94. The summed E-state index contributed by atoms with van der Waals surface area (Å²) < 4.78 is 18.5. The highest BCUT2D eigenvalue weighted by molar-refractivity contribution is 5.91. The Morgan fingerprint density at radius 3 is 2.23 bits per heavy atom. The van der Waals surface area contributed by atoms with Crippen LogP contribution in [0.5, 0.6) is 17.2 Å². The fraction of sp³-hybridized carbons (Fsp3) is 0.394. The van der Waals surface area contributed by atoms with Crippen LogP contribution in [0.2, 0.25) is 0 Å². The maximum Gasteiger partial charge on any atom is 0.248 e. The van der Waals surface area contributed by atoms with Gasteiger partial charge in [0.15, 0.2) is 11.5 Å². The van der Waals surface area contributed by atoms with Crippen molar-refractivity contribution in [3.63, 3.8) is 0 Å². The van der Waals surface area contributed by atoms with Gasteiger partial charge >= 0.3 is 0 Å². The van der Waals surface area contributed by atoms with Crippen molar-refractivity contribution in [3.05, 3.63) is 77.9 Å². The van der Waals surface area contributed by atoms with Crippen molar-refractivity contribution in [2.45, 2.75) is 63.7 Å². The van der Waals surface area contributed by atoms with Gasteiger partial charge in [0.2, 0.25) is 17.6 Å². The molecule has 1 saturated carbocycles. The monoisotopic (exact) mass is 585 g/mol. The highest BCUT2D eigenvalue weighted by Crippen LogP contribution is 2.41. The molecule has 2 amide bonds. The van der Waals surface area contributed by atoms with Crippen molar-refractivity contribution in [2.75, 3.05) is 21.3 Å². The molecule has 5 rings (SSSR count). The number of methoxy groups -OCH3 is 3. The normalized spacial score (nSPS) is 15.0. The molecule has 43 heavy (non-hydrogen) atoms. The number of nitrogens with zero attached hydrogens (tertiary/aromatic N) is 4. The largest absolute Gasteiger partial charge is 0.493 e. The van der Waals surface area contributed by atoms with E-state index in [-0.39, 0.29) is 24.4 Å². The number of aromatic nitrogens is 3. The van der Waals surface area contributed by atoms with Gasteiger partial charge in [-0.15, -0.1) is 5.10 Å². The molecular formula is C33H39N5O5. The molecule has 0 radical (unpaired) electrons. The molecule has 0 spiro atoms. The summed E-state index contributed by atoms with van der Waals surface area (Å²) in [6.07, 6.45) is 5.08. The van der Waals surface area contributed by atoms with Crippen LogP contribution < -0.4 is 19.5 Å². The van der Waals surface area contributed by atoms with E-state index in [1.54, 1.807) is 28.6 Å². The highest BCUT2D eigenvalue weighted by atomic mass is 16.5. The fourth-order valence-electron chi connectivity index (χ4n) is 5.85. The molecule has 0 unspecified atom stereocenters. The summed E-state index contributed by atoms with van der Waals surface area (Å²) in [5.41, 5.74) is 2.85. The molecule has 10 heteroatoms. The van der Waals surface area contributed by atoms with Crippen LogP contribution in [0.1, 0.15) is 62.2 Å². The van der Waals surface area contributed by atoms with Gasteiger partial charge < -0.3 is 24.4 Å². The van der Waals surface area contributed by atoms with Crippen molar-refractivity contribution in [2.24, 2.45) is 0 Å². The molecule has 1 fully saturated rings. The number of para-hydroxylation sites is 1. The summed E-state index contributed by atoms with van der Waals surface area (Å²) in [6, 6.07) is 18.9. The van der Waals surface area contributed by atoms with Gasteiger partial charge in [-0.2, -0.15) is 0 Å². The number of hydrogen-bond acceptors (Lipinski definition) is 7. The summed E-state index contributed by atoms with van der Waals surface area (Å²) in [6.45, 7) is 1.97. The number of carbonyl (C=O) groups is 2. The number of rotatable bonds is 11. The van der Waals surface area contributed by atoms with Crippen LogP contribution in [0.25, 0.3) is 11.0 Å². The third kappa shape index (κ3) is 6.43. The Morgan fingerprint density at radius 2 is 1.58 bits per heavy atom. The first-order valence-corrected chi connectivity index (χ1v) is 14.7. The van der Waals surface area contributed by atoms with E-state index in [0.29, 0.717) is 28.3 Å². The van der Waals surface area contributed by atoms with Crippen LogP contribution in [0.15, 0.2) is 66.7 Å². The van der Waals surface area contributed by atoms with Gasteiger partial charge in [0, 0.05) is 12.6 Å². The van der Waals surface area contributed by atoms with Gasteiger partial charge in [-0.25, -0.2) is 4.68 Å². The predicted octanol–water partition coefficient (Wildman–Crippen LogP) is 5.24. The molecule has 10 nitrogen and oxygen atoms in total. The average molecular weight is 586 g/mol. The third-order valence-corrected chi connectivity index (χ3v) is 8.09. The minimum atomic E-state index is -0.999. The van der Waals surface area contributed by atoms with E-state index in [0.717, 1.165) is 43.2 Å². The summed E-state index contributed by atoms with van der Waals surface area (Å²) >= 11 is 0. The Hall–Kier alpha value is -4.60. The molecule has 2 atom stereocenters. The molecule has 1 heterocycles. The number of ether oxygens (including phenoxy) is 3.